The van der Waals surface area contributed by atoms with Crippen molar-refractivity contribution in [2.75, 3.05) is 7.05 Å². The minimum atomic E-state index is -1.08. The molecule has 76 valence electrons. The Hall–Kier alpha value is -1.85. The number of amides is 1. The third kappa shape index (κ3) is 1.90. The number of hydrogen-bond acceptors (Lipinski definition) is 3. The van der Waals surface area contributed by atoms with E-state index in [-0.39, 0.29) is 0 Å². The van der Waals surface area contributed by atoms with Gasteiger partial charge in [-0.05, 0) is 0 Å². The first-order chi connectivity index (χ1) is 6.56. The number of carboxylic acids is 1. The molecule has 1 aromatic rings. The van der Waals surface area contributed by atoms with Crippen LogP contribution in [0.15, 0.2) is 12.4 Å². The summed E-state index contributed by atoms with van der Waals surface area (Å²) in [5, 5.41) is 12.7. The van der Waals surface area contributed by atoms with Gasteiger partial charge in [0.15, 0.2) is 6.04 Å². The van der Waals surface area contributed by atoms with E-state index in [4.69, 9.17) is 5.11 Å². The molecule has 1 N–H and O–H groups in total. The van der Waals surface area contributed by atoms with Gasteiger partial charge >= 0.3 is 5.97 Å². The van der Waals surface area contributed by atoms with Crippen LogP contribution in [0.1, 0.15) is 11.6 Å². The maximum absolute atomic E-state index is 10.9. The van der Waals surface area contributed by atoms with Gasteiger partial charge < -0.3 is 10.0 Å². The number of rotatable bonds is 4. The zero-order valence-corrected chi connectivity index (χ0v) is 7.91. The molecule has 0 fully saturated rings. The SMILES string of the molecule is CN(C=O)C(C(=O)O)c1cnn(C)c1. The van der Waals surface area contributed by atoms with Gasteiger partial charge in [0.1, 0.15) is 0 Å². The lowest BCUT2D eigenvalue weighted by atomic mass is 10.1. The summed E-state index contributed by atoms with van der Waals surface area (Å²) in [6.07, 6.45) is 3.48. The number of nitrogens with zero attached hydrogens (tertiary/aromatic N) is 3. The van der Waals surface area contributed by atoms with Crippen molar-refractivity contribution < 1.29 is 14.7 Å². The molecule has 6 nitrogen and oxygen atoms in total. The van der Waals surface area contributed by atoms with Crippen LogP contribution in [0.5, 0.6) is 0 Å². The van der Waals surface area contributed by atoms with Crippen molar-refractivity contribution >= 4 is 12.4 Å². The van der Waals surface area contributed by atoms with Crippen molar-refractivity contribution in [2.45, 2.75) is 6.04 Å². The smallest absolute Gasteiger partial charge is 0.331 e. The molecule has 0 saturated carbocycles. The van der Waals surface area contributed by atoms with E-state index in [9.17, 15) is 9.59 Å². The summed E-state index contributed by atoms with van der Waals surface area (Å²) >= 11 is 0. The van der Waals surface area contributed by atoms with E-state index in [1.54, 1.807) is 13.2 Å². The molecule has 1 aromatic heterocycles. The Morgan fingerprint density at radius 3 is 2.79 bits per heavy atom. The van der Waals surface area contributed by atoms with Gasteiger partial charge in [-0.15, -0.1) is 0 Å². The Balaban J connectivity index is 2.99. The van der Waals surface area contributed by atoms with Crippen molar-refractivity contribution in [2.24, 2.45) is 7.05 Å². The average molecular weight is 197 g/mol. The van der Waals surface area contributed by atoms with Crippen LogP contribution < -0.4 is 0 Å². The lowest BCUT2D eigenvalue weighted by Crippen LogP contribution is -2.29. The highest BCUT2D eigenvalue weighted by atomic mass is 16.4. The molecule has 0 bridgehead atoms. The molecule has 0 saturated heterocycles. The summed E-state index contributed by atoms with van der Waals surface area (Å²) < 4.78 is 1.49. The van der Waals surface area contributed by atoms with Crippen molar-refractivity contribution in [1.29, 1.82) is 0 Å². The summed E-state index contributed by atoms with van der Waals surface area (Å²) in [6.45, 7) is 0. The summed E-state index contributed by atoms with van der Waals surface area (Å²) in [6, 6.07) is -0.971. The van der Waals surface area contributed by atoms with Crippen LogP contribution in [0.3, 0.4) is 0 Å². The van der Waals surface area contributed by atoms with Gasteiger partial charge in [0.05, 0.1) is 6.20 Å². The first kappa shape index (κ1) is 10.2. The average Bonchev–Trinajstić information content (AvgIpc) is 2.51. The van der Waals surface area contributed by atoms with Crippen molar-refractivity contribution in [3.8, 4) is 0 Å². The van der Waals surface area contributed by atoms with E-state index in [0.29, 0.717) is 12.0 Å². The summed E-state index contributed by atoms with van der Waals surface area (Å²) in [4.78, 5) is 22.4. The van der Waals surface area contributed by atoms with Crippen LogP contribution >= 0.6 is 0 Å². The van der Waals surface area contributed by atoms with Gasteiger partial charge in [-0.25, -0.2) is 4.79 Å². The first-order valence-corrected chi connectivity index (χ1v) is 3.95. The fourth-order valence-electron chi connectivity index (χ4n) is 1.19. The Labute approximate surface area is 80.7 Å². The van der Waals surface area contributed by atoms with E-state index in [0.717, 1.165) is 4.90 Å². The number of likely N-dealkylation sites (N-methyl/N-ethyl adjacent to an activating group) is 1. The van der Waals surface area contributed by atoms with Crippen LogP contribution in [-0.2, 0) is 16.6 Å². The number of aryl methyl sites for hydroxylation is 1. The molecular formula is C8H11N3O3. The number of hydrogen-bond donors (Lipinski definition) is 1. The predicted octanol–water partition coefficient (Wildman–Crippen LogP) is -0.366. The molecule has 1 rings (SSSR count). The van der Waals surface area contributed by atoms with Gasteiger partial charge in [-0.3, -0.25) is 9.48 Å². The minimum absolute atomic E-state index is 0.478. The normalized spacial score (nSPS) is 12.1. The predicted molar refractivity (Wildman–Crippen MR) is 47.4 cm³/mol. The van der Waals surface area contributed by atoms with Crippen LogP contribution in [0.4, 0.5) is 0 Å². The maximum atomic E-state index is 10.9. The number of aliphatic carboxylic acids is 1. The lowest BCUT2D eigenvalue weighted by Gasteiger charge is -2.18. The highest BCUT2D eigenvalue weighted by molar-refractivity contribution is 5.77. The lowest BCUT2D eigenvalue weighted by molar-refractivity contribution is -0.145. The van der Waals surface area contributed by atoms with Crippen molar-refractivity contribution in [3.63, 3.8) is 0 Å². The highest BCUT2D eigenvalue weighted by Gasteiger charge is 2.24. The van der Waals surface area contributed by atoms with Gasteiger partial charge in [0, 0.05) is 25.9 Å². The molecule has 6 heteroatoms. The van der Waals surface area contributed by atoms with Crippen molar-refractivity contribution in [3.05, 3.63) is 18.0 Å². The van der Waals surface area contributed by atoms with Crippen molar-refractivity contribution in [1.82, 2.24) is 14.7 Å². The molecule has 1 amide bonds. The molecule has 0 spiro atoms. The fraction of sp³-hybridized carbons (Fsp3) is 0.375. The number of carbonyl (C=O) groups excluding carboxylic acids is 1. The van der Waals surface area contributed by atoms with Crippen LogP contribution in [0.25, 0.3) is 0 Å². The Bertz CT molecular complexity index is 347. The maximum Gasteiger partial charge on any atom is 0.331 e. The highest BCUT2D eigenvalue weighted by Crippen LogP contribution is 2.17. The van der Waals surface area contributed by atoms with E-state index >= 15 is 0 Å². The standard InChI is InChI=1S/C8H11N3O3/c1-10(5-12)7(8(13)14)6-3-9-11(2)4-6/h3-5,7H,1-2H3,(H,13,14). The summed E-state index contributed by atoms with van der Waals surface area (Å²) in [5.41, 5.74) is 0.481. The topological polar surface area (TPSA) is 75.4 Å². The van der Waals surface area contributed by atoms with E-state index < -0.39 is 12.0 Å². The van der Waals surface area contributed by atoms with E-state index in [1.807, 2.05) is 0 Å². The number of carboxylic acid groups (broad SMARTS) is 1. The molecule has 1 heterocycles. The molecule has 1 unspecified atom stereocenters. The molecule has 0 aromatic carbocycles. The van der Waals surface area contributed by atoms with Gasteiger partial charge in [0.25, 0.3) is 0 Å². The monoisotopic (exact) mass is 197 g/mol. The zero-order valence-electron chi connectivity index (χ0n) is 7.91. The first-order valence-electron chi connectivity index (χ1n) is 3.95. The molecule has 1 atom stereocenters. The molecule has 0 radical (unpaired) electrons. The third-order valence-corrected chi connectivity index (χ3v) is 1.85. The van der Waals surface area contributed by atoms with E-state index in [2.05, 4.69) is 5.10 Å². The van der Waals surface area contributed by atoms with Gasteiger partial charge in [0.2, 0.25) is 6.41 Å². The molecular weight excluding hydrogens is 186 g/mol. The number of aromatic nitrogens is 2. The minimum Gasteiger partial charge on any atom is -0.479 e. The molecule has 0 aliphatic rings. The molecule has 0 aliphatic heterocycles. The summed E-state index contributed by atoms with van der Waals surface area (Å²) in [5.74, 6) is -1.08. The second-order valence-electron chi connectivity index (χ2n) is 2.96. The van der Waals surface area contributed by atoms with E-state index in [1.165, 1.54) is 17.9 Å². The Kier molecular flexibility index (Phi) is 2.85. The summed E-state index contributed by atoms with van der Waals surface area (Å²) in [7, 11) is 3.10. The third-order valence-electron chi connectivity index (χ3n) is 1.85. The molecule has 0 aliphatic carbocycles. The van der Waals surface area contributed by atoms with Crippen LogP contribution in [0.2, 0.25) is 0 Å². The van der Waals surface area contributed by atoms with Crippen LogP contribution in [-0.4, -0.2) is 39.2 Å². The molecule has 14 heavy (non-hydrogen) atoms. The second kappa shape index (κ2) is 3.91. The van der Waals surface area contributed by atoms with Crippen LogP contribution in [0, 0.1) is 0 Å². The van der Waals surface area contributed by atoms with Gasteiger partial charge in [-0.1, -0.05) is 0 Å². The Morgan fingerprint density at radius 1 is 1.79 bits per heavy atom. The second-order valence-corrected chi connectivity index (χ2v) is 2.96. The van der Waals surface area contributed by atoms with Gasteiger partial charge in [-0.2, -0.15) is 5.10 Å². The fourth-order valence-corrected chi connectivity index (χ4v) is 1.19. The largest absolute Gasteiger partial charge is 0.479 e. The Morgan fingerprint density at radius 2 is 2.43 bits per heavy atom. The zero-order chi connectivity index (χ0) is 10.7. The number of carbonyl (C=O) groups is 2. The quantitative estimate of drug-likeness (QED) is 0.668.